The van der Waals surface area contributed by atoms with Crippen molar-refractivity contribution in [2.24, 2.45) is 5.73 Å². The lowest BCUT2D eigenvalue weighted by Crippen LogP contribution is -2.20. The maximum absolute atomic E-state index is 11.4. The largest absolute Gasteiger partial charge is 0.477 e. The number of rotatable bonds is 4. The van der Waals surface area contributed by atoms with E-state index in [0.717, 1.165) is 0 Å². The summed E-state index contributed by atoms with van der Waals surface area (Å²) < 4.78 is 1.35. The van der Waals surface area contributed by atoms with Crippen LogP contribution in [0.15, 0.2) is 12.1 Å². The number of hydrogen-bond acceptors (Lipinski definition) is 4. The minimum Gasteiger partial charge on any atom is -0.477 e. The zero-order valence-corrected chi connectivity index (χ0v) is 11.3. The number of fused-ring (bicyclic) bond motifs is 1. The van der Waals surface area contributed by atoms with Gasteiger partial charge >= 0.3 is 11.9 Å². The molecule has 0 saturated carbocycles. The van der Waals surface area contributed by atoms with Gasteiger partial charge in [0.15, 0.2) is 5.69 Å². The Morgan fingerprint density at radius 3 is 2.55 bits per heavy atom. The van der Waals surface area contributed by atoms with E-state index in [0.29, 0.717) is 5.39 Å². The molecule has 2 aromatic rings. The molecule has 2 aromatic heterocycles. The van der Waals surface area contributed by atoms with Gasteiger partial charge < -0.3 is 20.5 Å². The summed E-state index contributed by atoms with van der Waals surface area (Å²) in [5, 5.41) is 18.7. The van der Waals surface area contributed by atoms with Gasteiger partial charge in [-0.1, -0.05) is 11.6 Å². The molecule has 0 aliphatic rings. The summed E-state index contributed by atoms with van der Waals surface area (Å²) >= 11 is 6.06. The first-order chi connectivity index (χ1) is 9.38. The predicted octanol–water partition coefficient (Wildman–Crippen LogP) is 1.61. The van der Waals surface area contributed by atoms with Crippen LogP contribution in [0.4, 0.5) is 0 Å². The van der Waals surface area contributed by atoms with Crippen LogP contribution >= 0.6 is 11.6 Å². The standard InChI is InChI=1S/C12H12ClN3O4/c1-5(4-14)16-9(12(19)20)8(13)6-2-3-7(11(17)18)15-10(6)16/h2-3,5H,4,14H2,1H3,(H,17,18)(H,19,20)/t5-/m1/s1. The maximum Gasteiger partial charge on any atom is 0.354 e. The van der Waals surface area contributed by atoms with Gasteiger partial charge in [-0.15, -0.1) is 0 Å². The van der Waals surface area contributed by atoms with Gasteiger partial charge in [-0.2, -0.15) is 0 Å². The maximum atomic E-state index is 11.4. The third-order valence-corrected chi connectivity index (χ3v) is 3.37. The average Bonchev–Trinajstić information content (AvgIpc) is 2.70. The fraction of sp³-hybridized carbons (Fsp3) is 0.250. The highest BCUT2D eigenvalue weighted by molar-refractivity contribution is 6.38. The number of carbonyl (C=O) groups is 2. The molecule has 2 heterocycles. The van der Waals surface area contributed by atoms with Crippen LogP contribution in [-0.4, -0.2) is 38.2 Å². The van der Waals surface area contributed by atoms with Crippen molar-refractivity contribution in [3.8, 4) is 0 Å². The van der Waals surface area contributed by atoms with E-state index < -0.39 is 11.9 Å². The van der Waals surface area contributed by atoms with Crippen molar-refractivity contribution in [1.82, 2.24) is 9.55 Å². The molecule has 20 heavy (non-hydrogen) atoms. The van der Waals surface area contributed by atoms with E-state index in [9.17, 15) is 14.7 Å². The van der Waals surface area contributed by atoms with Crippen molar-refractivity contribution in [1.29, 1.82) is 0 Å². The normalized spacial score (nSPS) is 12.6. The first-order valence-electron chi connectivity index (χ1n) is 5.75. The predicted molar refractivity (Wildman–Crippen MR) is 72.4 cm³/mol. The van der Waals surface area contributed by atoms with Gasteiger partial charge in [0.1, 0.15) is 11.3 Å². The summed E-state index contributed by atoms with van der Waals surface area (Å²) in [5.41, 5.74) is 5.44. The molecule has 0 saturated heterocycles. The van der Waals surface area contributed by atoms with Gasteiger partial charge in [-0.3, -0.25) is 0 Å². The van der Waals surface area contributed by atoms with Gasteiger partial charge in [-0.25, -0.2) is 14.6 Å². The Labute approximate surface area is 118 Å². The van der Waals surface area contributed by atoms with Gasteiger partial charge in [-0.05, 0) is 19.1 Å². The fourth-order valence-corrected chi connectivity index (χ4v) is 2.31. The zero-order chi connectivity index (χ0) is 15.0. The van der Waals surface area contributed by atoms with Crippen molar-refractivity contribution >= 4 is 34.6 Å². The minimum atomic E-state index is -1.22. The van der Waals surface area contributed by atoms with Crippen LogP contribution in [0.1, 0.15) is 33.9 Å². The van der Waals surface area contributed by atoms with E-state index in [-0.39, 0.29) is 34.6 Å². The molecule has 4 N–H and O–H groups in total. The number of carboxylic acids is 2. The van der Waals surface area contributed by atoms with Crippen LogP contribution < -0.4 is 5.73 Å². The van der Waals surface area contributed by atoms with E-state index in [2.05, 4.69) is 4.98 Å². The van der Waals surface area contributed by atoms with Crippen LogP contribution in [0.3, 0.4) is 0 Å². The Hall–Kier alpha value is -2.12. The second-order valence-electron chi connectivity index (χ2n) is 4.30. The molecule has 0 fully saturated rings. The molecular weight excluding hydrogens is 286 g/mol. The monoisotopic (exact) mass is 297 g/mol. The van der Waals surface area contributed by atoms with Crippen molar-refractivity contribution in [3.05, 3.63) is 28.5 Å². The second-order valence-corrected chi connectivity index (χ2v) is 4.67. The Kier molecular flexibility index (Phi) is 3.65. The molecule has 0 spiro atoms. The number of aromatic nitrogens is 2. The molecule has 0 aromatic carbocycles. The molecule has 2 rings (SSSR count). The molecule has 0 bridgehead atoms. The van der Waals surface area contributed by atoms with E-state index >= 15 is 0 Å². The summed E-state index contributed by atoms with van der Waals surface area (Å²) in [7, 11) is 0. The van der Waals surface area contributed by atoms with Crippen LogP contribution in [0.5, 0.6) is 0 Å². The van der Waals surface area contributed by atoms with Gasteiger partial charge in [0, 0.05) is 18.0 Å². The molecule has 8 heteroatoms. The van der Waals surface area contributed by atoms with Crippen LogP contribution in [0, 0.1) is 0 Å². The molecule has 0 amide bonds. The number of nitrogens with zero attached hydrogens (tertiary/aromatic N) is 2. The number of hydrogen-bond donors (Lipinski definition) is 3. The second kappa shape index (κ2) is 5.10. The number of halogens is 1. The smallest absolute Gasteiger partial charge is 0.354 e. The third-order valence-electron chi connectivity index (χ3n) is 2.99. The topological polar surface area (TPSA) is 118 Å². The van der Waals surface area contributed by atoms with Gasteiger partial charge in [0.25, 0.3) is 0 Å². The van der Waals surface area contributed by atoms with Crippen molar-refractivity contribution in [2.45, 2.75) is 13.0 Å². The highest BCUT2D eigenvalue weighted by Gasteiger charge is 2.25. The number of aromatic carboxylic acids is 2. The van der Waals surface area contributed by atoms with Crippen molar-refractivity contribution in [2.75, 3.05) is 6.54 Å². The van der Waals surface area contributed by atoms with Crippen LogP contribution in [0.2, 0.25) is 5.02 Å². The summed E-state index contributed by atoms with van der Waals surface area (Å²) in [4.78, 5) is 26.3. The Morgan fingerprint density at radius 2 is 2.05 bits per heavy atom. The third kappa shape index (κ3) is 2.10. The van der Waals surface area contributed by atoms with E-state index in [1.807, 2.05) is 0 Å². The molecule has 1 atom stereocenters. The molecule has 0 aliphatic carbocycles. The summed E-state index contributed by atoms with van der Waals surface area (Å²) in [6, 6.07) is 2.34. The first kappa shape index (κ1) is 14.3. The lowest BCUT2D eigenvalue weighted by Gasteiger charge is -2.14. The van der Waals surface area contributed by atoms with E-state index in [4.69, 9.17) is 22.4 Å². The minimum absolute atomic E-state index is 0.0252. The van der Waals surface area contributed by atoms with E-state index in [1.54, 1.807) is 6.92 Å². The quantitative estimate of drug-likeness (QED) is 0.789. The Morgan fingerprint density at radius 1 is 1.40 bits per heavy atom. The number of nitrogens with two attached hydrogens (primary N) is 1. The van der Waals surface area contributed by atoms with Crippen molar-refractivity contribution in [3.63, 3.8) is 0 Å². The fourth-order valence-electron chi connectivity index (χ4n) is 1.99. The Balaban J connectivity index is 2.88. The molecule has 7 nitrogen and oxygen atoms in total. The lowest BCUT2D eigenvalue weighted by molar-refractivity contribution is 0.0678. The average molecular weight is 298 g/mol. The van der Waals surface area contributed by atoms with Crippen molar-refractivity contribution < 1.29 is 19.8 Å². The molecule has 0 radical (unpaired) electrons. The SMILES string of the molecule is C[C@H](CN)n1c(C(=O)O)c(Cl)c2ccc(C(=O)O)nc21. The van der Waals surface area contributed by atoms with Gasteiger partial charge in [0.05, 0.1) is 5.02 Å². The number of pyridine rings is 1. The highest BCUT2D eigenvalue weighted by atomic mass is 35.5. The zero-order valence-electron chi connectivity index (χ0n) is 10.5. The number of carboxylic acid groups (broad SMARTS) is 2. The Bertz CT molecular complexity index is 710. The molecule has 0 unspecified atom stereocenters. The molecule has 0 aliphatic heterocycles. The summed E-state index contributed by atoms with van der Waals surface area (Å²) in [5.74, 6) is -2.42. The molecular formula is C12H12ClN3O4. The summed E-state index contributed by atoms with van der Waals surface area (Å²) in [6.07, 6.45) is 0. The first-order valence-corrected chi connectivity index (χ1v) is 6.13. The van der Waals surface area contributed by atoms with Crippen LogP contribution in [-0.2, 0) is 0 Å². The van der Waals surface area contributed by atoms with E-state index in [1.165, 1.54) is 16.7 Å². The molecule has 106 valence electrons. The van der Waals surface area contributed by atoms with Gasteiger partial charge in [0.2, 0.25) is 0 Å². The highest BCUT2D eigenvalue weighted by Crippen LogP contribution is 2.32. The lowest BCUT2D eigenvalue weighted by atomic mass is 10.3. The summed E-state index contributed by atoms with van der Waals surface area (Å²) in [6.45, 7) is 1.87. The van der Waals surface area contributed by atoms with Crippen LogP contribution in [0.25, 0.3) is 11.0 Å².